The van der Waals surface area contributed by atoms with Gasteiger partial charge in [0.2, 0.25) is 0 Å². The van der Waals surface area contributed by atoms with Gasteiger partial charge in [0.15, 0.2) is 11.5 Å². The first kappa shape index (κ1) is 10.8. The molecule has 1 aromatic carbocycles. The minimum Gasteiger partial charge on any atom is -0.504 e. The predicted molar refractivity (Wildman–Crippen MR) is 55.4 cm³/mol. The van der Waals surface area contributed by atoms with Crippen molar-refractivity contribution in [3.63, 3.8) is 0 Å². The van der Waals surface area contributed by atoms with Crippen molar-refractivity contribution >= 4 is 0 Å². The minimum absolute atomic E-state index is 0.0797. The van der Waals surface area contributed by atoms with Gasteiger partial charge in [-0.15, -0.1) is 0 Å². The van der Waals surface area contributed by atoms with Crippen molar-refractivity contribution in [1.82, 2.24) is 0 Å². The molecule has 4 nitrogen and oxygen atoms in total. The summed E-state index contributed by atoms with van der Waals surface area (Å²) in [5.74, 6) is 0.514. The van der Waals surface area contributed by atoms with Crippen LogP contribution in [-0.4, -0.2) is 18.8 Å². The number of rotatable bonds is 3. The molecule has 1 unspecified atom stereocenters. The van der Waals surface area contributed by atoms with Crippen LogP contribution in [0.5, 0.6) is 11.5 Å². The lowest BCUT2D eigenvalue weighted by Crippen LogP contribution is -2.21. The fraction of sp³-hybridized carbons (Fsp3) is 0.400. The van der Waals surface area contributed by atoms with Crippen LogP contribution < -0.4 is 16.2 Å². The highest BCUT2D eigenvalue weighted by molar-refractivity contribution is 5.49. The largest absolute Gasteiger partial charge is 0.504 e. The lowest BCUT2D eigenvalue weighted by Gasteiger charge is -2.14. The van der Waals surface area contributed by atoms with E-state index < -0.39 is 0 Å². The number of hydrogen-bond donors (Lipinski definition) is 3. The van der Waals surface area contributed by atoms with Crippen molar-refractivity contribution in [3.8, 4) is 11.5 Å². The summed E-state index contributed by atoms with van der Waals surface area (Å²) in [4.78, 5) is 0. The standard InChI is InChI=1S/C10H16N2O2/c1-6-3-7(8(12)5-11)10(13)9(4-6)14-2/h3-4,8,13H,5,11-12H2,1-2H3. The molecular formula is C10H16N2O2. The van der Waals surface area contributed by atoms with E-state index in [1.165, 1.54) is 7.11 Å². The molecule has 0 aliphatic carbocycles. The number of methoxy groups -OCH3 is 1. The second kappa shape index (κ2) is 4.30. The lowest BCUT2D eigenvalue weighted by molar-refractivity contribution is 0.368. The molecule has 0 fully saturated rings. The number of ether oxygens (including phenoxy) is 1. The van der Waals surface area contributed by atoms with Gasteiger partial charge in [-0.25, -0.2) is 0 Å². The van der Waals surface area contributed by atoms with Gasteiger partial charge in [0.1, 0.15) is 0 Å². The SMILES string of the molecule is COc1cc(C)cc(C(N)CN)c1O. The van der Waals surface area contributed by atoms with E-state index in [1.807, 2.05) is 13.0 Å². The Balaban J connectivity index is 3.21. The van der Waals surface area contributed by atoms with Crippen LogP contribution in [0.3, 0.4) is 0 Å². The number of benzene rings is 1. The zero-order chi connectivity index (χ0) is 10.7. The zero-order valence-corrected chi connectivity index (χ0v) is 8.45. The Morgan fingerprint density at radius 3 is 2.64 bits per heavy atom. The van der Waals surface area contributed by atoms with E-state index in [0.29, 0.717) is 17.9 Å². The van der Waals surface area contributed by atoms with E-state index in [1.54, 1.807) is 6.07 Å². The quantitative estimate of drug-likeness (QED) is 0.663. The Bertz CT molecular complexity index is 326. The van der Waals surface area contributed by atoms with E-state index >= 15 is 0 Å². The summed E-state index contributed by atoms with van der Waals surface area (Å²) in [5.41, 5.74) is 12.8. The Labute approximate surface area is 83.5 Å². The molecule has 1 atom stereocenters. The number of aryl methyl sites for hydroxylation is 1. The molecule has 1 rings (SSSR count). The van der Waals surface area contributed by atoms with Crippen molar-refractivity contribution in [2.75, 3.05) is 13.7 Å². The van der Waals surface area contributed by atoms with Crippen LogP contribution in [0.2, 0.25) is 0 Å². The van der Waals surface area contributed by atoms with Gasteiger partial charge < -0.3 is 21.3 Å². The molecule has 0 saturated heterocycles. The molecule has 0 bridgehead atoms. The van der Waals surface area contributed by atoms with Gasteiger partial charge in [0, 0.05) is 18.2 Å². The molecule has 0 amide bonds. The Morgan fingerprint density at radius 2 is 2.14 bits per heavy atom. The molecule has 0 saturated carbocycles. The minimum atomic E-state index is -0.358. The predicted octanol–water partition coefficient (Wildman–Crippen LogP) is 0.668. The molecule has 0 spiro atoms. The maximum atomic E-state index is 9.75. The highest BCUT2D eigenvalue weighted by atomic mass is 16.5. The molecule has 5 N–H and O–H groups in total. The molecule has 0 heterocycles. The van der Waals surface area contributed by atoms with Crippen molar-refractivity contribution < 1.29 is 9.84 Å². The maximum absolute atomic E-state index is 9.75. The first-order valence-electron chi connectivity index (χ1n) is 4.43. The Hall–Kier alpha value is -1.26. The first-order chi connectivity index (χ1) is 6.60. The van der Waals surface area contributed by atoms with Gasteiger partial charge in [-0.05, 0) is 18.6 Å². The second-order valence-corrected chi connectivity index (χ2v) is 3.25. The molecule has 1 aromatic rings. The summed E-state index contributed by atoms with van der Waals surface area (Å²) >= 11 is 0. The Morgan fingerprint density at radius 1 is 1.50 bits per heavy atom. The molecule has 0 aliphatic rings. The van der Waals surface area contributed by atoms with E-state index in [2.05, 4.69) is 0 Å². The maximum Gasteiger partial charge on any atom is 0.162 e. The van der Waals surface area contributed by atoms with Gasteiger partial charge in [0.25, 0.3) is 0 Å². The average Bonchev–Trinajstić information content (AvgIpc) is 2.19. The summed E-state index contributed by atoms with van der Waals surface area (Å²) in [6, 6.07) is 3.21. The van der Waals surface area contributed by atoms with E-state index in [9.17, 15) is 5.11 Å². The molecule has 4 heteroatoms. The van der Waals surface area contributed by atoms with Gasteiger partial charge >= 0.3 is 0 Å². The van der Waals surface area contributed by atoms with E-state index in [0.717, 1.165) is 5.56 Å². The molecule has 0 radical (unpaired) electrons. The van der Waals surface area contributed by atoms with Gasteiger partial charge in [-0.3, -0.25) is 0 Å². The summed E-state index contributed by atoms with van der Waals surface area (Å²) < 4.78 is 5.01. The van der Waals surface area contributed by atoms with Crippen molar-refractivity contribution in [2.45, 2.75) is 13.0 Å². The van der Waals surface area contributed by atoms with Crippen molar-refractivity contribution in [3.05, 3.63) is 23.3 Å². The van der Waals surface area contributed by atoms with Crippen molar-refractivity contribution in [1.29, 1.82) is 0 Å². The number of phenols is 1. The molecule has 78 valence electrons. The highest BCUT2D eigenvalue weighted by Crippen LogP contribution is 2.33. The zero-order valence-electron chi connectivity index (χ0n) is 8.45. The topological polar surface area (TPSA) is 81.5 Å². The molecule has 0 aromatic heterocycles. The number of phenolic OH excluding ortho intramolecular Hbond substituents is 1. The van der Waals surface area contributed by atoms with Crippen molar-refractivity contribution in [2.24, 2.45) is 11.5 Å². The third-order valence-corrected chi connectivity index (χ3v) is 2.12. The van der Waals surface area contributed by atoms with Gasteiger partial charge in [-0.1, -0.05) is 6.07 Å². The normalized spacial score (nSPS) is 12.6. The van der Waals surface area contributed by atoms with E-state index in [4.69, 9.17) is 16.2 Å². The van der Waals surface area contributed by atoms with E-state index in [-0.39, 0.29) is 11.8 Å². The third-order valence-electron chi connectivity index (χ3n) is 2.12. The molecule has 14 heavy (non-hydrogen) atoms. The van der Waals surface area contributed by atoms with Crippen LogP contribution in [0.15, 0.2) is 12.1 Å². The summed E-state index contributed by atoms with van der Waals surface area (Å²) in [7, 11) is 1.51. The summed E-state index contributed by atoms with van der Waals surface area (Å²) in [5, 5.41) is 9.75. The smallest absolute Gasteiger partial charge is 0.162 e. The van der Waals surface area contributed by atoms with Crippen LogP contribution in [0.25, 0.3) is 0 Å². The van der Waals surface area contributed by atoms with Crippen LogP contribution in [0.4, 0.5) is 0 Å². The summed E-state index contributed by atoms with van der Waals surface area (Å²) in [6.45, 7) is 2.20. The van der Waals surface area contributed by atoms with Gasteiger partial charge in [0.05, 0.1) is 7.11 Å². The Kier molecular flexibility index (Phi) is 3.33. The third kappa shape index (κ3) is 1.97. The summed E-state index contributed by atoms with van der Waals surface area (Å²) in [6.07, 6.45) is 0. The first-order valence-corrected chi connectivity index (χ1v) is 4.43. The fourth-order valence-electron chi connectivity index (χ4n) is 1.34. The fourth-order valence-corrected chi connectivity index (χ4v) is 1.34. The van der Waals surface area contributed by atoms with Crippen LogP contribution in [0, 0.1) is 6.92 Å². The second-order valence-electron chi connectivity index (χ2n) is 3.25. The number of hydrogen-bond acceptors (Lipinski definition) is 4. The number of aromatic hydroxyl groups is 1. The van der Waals surface area contributed by atoms with Gasteiger partial charge in [-0.2, -0.15) is 0 Å². The van der Waals surface area contributed by atoms with Crippen LogP contribution >= 0.6 is 0 Å². The molecular weight excluding hydrogens is 180 g/mol. The van der Waals surface area contributed by atoms with Crippen LogP contribution in [0.1, 0.15) is 17.2 Å². The number of nitrogens with two attached hydrogens (primary N) is 2. The molecule has 0 aliphatic heterocycles. The highest BCUT2D eigenvalue weighted by Gasteiger charge is 2.14. The monoisotopic (exact) mass is 196 g/mol. The van der Waals surface area contributed by atoms with Crippen LogP contribution in [-0.2, 0) is 0 Å². The lowest BCUT2D eigenvalue weighted by atomic mass is 10.0. The average molecular weight is 196 g/mol.